The second-order valence-electron chi connectivity index (χ2n) is 4.38. The van der Waals surface area contributed by atoms with Crippen LogP contribution in [0, 0.1) is 11.6 Å². The van der Waals surface area contributed by atoms with E-state index in [0.717, 1.165) is 18.2 Å². The van der Waals surface area contributed by atoms with Crippen LogP contribution in [0.25, 0.3) is 0 Å². The summed E-state index contributed by atoms with van der Waals surface area (Å²) in [5.74, 6) is -1.61. The third-order valence-corrected chi connectivity index (χ3v) is 4.18. The maximum Gasteiger partial charge on any atom is 0.264 e. The molecule has 4 nitrogen and oxygen atoms in total. The number of para-hydroxylation sites is 1. The van der Waals surface area contributed by atoms with Crippen LogP contribution < -0.4 is 10.0 Å². The summed E-state index contributed by atoms with van der Waals surface area (Å²) in [7, 11) is -2.49. The molecule has 2 N–H and O–H groups in total. The Morgan fingerprint density at radius 2 is 1.76 bits per heavy atom. The average molecular weight is 312 g/mol. The van der Waals surface area contributed by atoms with Crippen LogP contribution in [0.15, 0.2) is 47.4 Å². The third-order valence-electron chi connectivity index (χ3n) is 2.78. The van der Waals surface area contributed by atoms with Crippen LogP contribution in [0.5, 0.6) is 0 Å². The second-order valence-corrected chi connectivity index (χ2v) is 6.03. The fourth-order valence-corrected chi connectivity index (χ4v) is 2.95. The zero-order valence-corrected chi connectivity index (χ0v) is 12.0. The summed E-state index contributed by atoms with van der Waals surface area (Å²) >= 11 is 0. The predicted octanol–water partition coefficient (Wildman–Crippen LogP) is 2.49. The molecular formula is C14H14F2N2O2S. The Hall–Kier alpha value is -1.99. The second kappa shape index (κ2) is 6.19. The lowest BCUT2D eigenvalue weighted by Gasteiger charge is -2.10. The van der Waals surface area contributed by atoms with Gasteiger partial charge in [0.15, 0.2) is 0 Å². The molecule has 0 aliphatic heterocycles. The van der Waals surface area contributed by atoms with Gasteiger partial charge in [-0.15, -0.1) is 0 Å². The Kier molecular flexibility index (Phi) is 4.54. The van der Waals surface area contributed by atoms with Crippen molar-refractivity contribution in [3.05, 3.63) is 59.7 Å². The fourth-order valence-electron chi connectivity index (χ4n) is 1.82. The number of nitrogens with one attached hydrogen (secondary N) is 2. The van der Waals surface area contributed by atoms with Gasteiger partial charge in [0.1, 0.15) is 16.5 Å². The first kappa shape index (κ1) is 15.4. The fraction of sp³-hybridized carbons (Fsp3) is 0.143. The van der Waals surface area contributed by atoms with Crippen LogP contribution in [-0.2, 0) is 16.6 Å². The van der Waals surface area contributed by atoms with E-state index in [4.69, 9.17) is 0 Å². The highest BCUT2D eigenvalue weighted by molar-refractivity contribution is 7.92. The van der Waals surface area contributed by atoms with Crippen molar-refractivity contribution in [3.63, 3.8) is 0 Å². The number of rotatable bonds is 5. The van der Waals surface area contributed by atoms with Crippen molar-refractivity contribution in [2.45, 2.75) is 11.4 Å². The minimum atomic E-state index is -4.18. The molecule has 0 saturated carbocycles. The smallest absolute Gasteiger partial charge is 0.264 e. The highest BCUT2D eigenvalue weighted by Gasteiger charge is 2.20. The molecule has 0 fully saturated rings. The summed E-state index contributed by atoms with van der Waals surface area (Å²) in [6, 6.07) is 9.07. The normalized spacial score (nSPS) is 11.4. The van der Waals surface area contributed by atoms with E-state index in [1.165, 1.54) is 24.3 Å². The van der Waals surface area contributed by atoms with Gasteiger partial charge in [0, 0.05) is 6.54 Å². The van der Waals surface area contributed by atoms with Crippen LogP contribution in [0.4, 0.5) is 14.5 Å². The minimum Gasteiger partial charge on any atom is -0.316 e. The number of benzene rings is 2. The van der Waals surface area contributed by atoms with Gasteiger partial charge in [-0.3, -0.25) is 4.72 Å². The Morgan fingerprint density at radius 3 is 2.38 bits per heavy atom. The first-order valence-corrected chi connectivity index (χ1v) is 7.63. The summed E-state index contributed by atoms with van der Waals surface area (Å²) in [5, 5.41) is 2.84. The first-order valence-electron chi connectivity index (χ1n) is 6.14. The van der Waals surface area contributed by atoms with E-state index >= 15 is 0 Å². The maximum absolute atomic E-state index is 13.9. The molecule has 0 atom stereocenters. The molecular weight excluding hydrogens is 298 g/mol. The summed E-state index contributed by atoms with van der Waals surface area (Å²) in [6.07, 6.45) is 0. The van der Waals surface area contributed by atoms with Crippen LogP contribution >= 0.6 is 0 Å². The molecule has 21 heavy (non-hydrogen) atoms. The lowest BCUT2D eigenvalue weighted by molar-refractivity contribution is 0.567. The number of sulfonamides is 1. The van der Waals surface area contributed by atoms with Gasteiger partial charge in [-0.1, -0.05) is 18.2 Å². The standard InChI is InChI=1S/C14H14F2N2O2S/c1-17-9-10-6-7-14(12(16)8-10)21(19,20)18-13-5-3-2-4-11(13)15/h2-8,17-18H,9H2,1H3. The van der Waals surface area contributed by atoms with Crippen LogP contribution in [0.2, 0.25) is 0 Å². The number of hydrogen-bond acceptors (Lipinski definition) is 3. The Bertz CT molecular complexity index is 748. The maximum atomic E-state index is 13.9. The van der Waals surface area contributed by atoms with Crippen molar-refractivity contribution < 1.29 is 17.2 Å². The highest BCUT2D eigenvalue weighted by Crippen LogP contribution is 2.21. The SMILES string of the molecule is CNCc1ccc(S(=O)(=O)Nc2ccccc2F)c(F)c1. The van der Waals surface area contributed by atoms with Gasteiger partial charge in [0.25, 0.3) is 10.0 Å². The number of anilines is 1. The third kappa shape index (κ3) is 3.56. The molecule has 2 aromatic rings. The van der Waals surface area contributed by atoms with E-state index in [-0.39, 0.29) is 5.69 Å². The summed E-state index contributed by atoms with van der Waals surface area (Å²) in [4.78, 5) is -0.523. The summed E-state index contributed by atoms with van der Waals surface area (Å²) < 4.78 is 53.7. The zero-order valence-electron chi connectivity index (χ0n) is 11.2. The van der Waals surface area contributed by atoms with Gasteiger partial charge < -0.3 is 5.32 Å². The molecule has 0 radical (unpaired) electrons. The van der Waals surface area contributed by atoms with Gasteiger partial charge in [0.2, 0.25) is 0 Å². The van der Waals surface area contributed by atoms with Crippen LogP contribution in [0.1, 0.15) is 5.56 Å². The van der Waals surface area contributed by atoms with Crippen molar-refractivity contribution >= 4 is 15.7 Å². The number of halogens is 2. The molecule has 2 aromatic carbocycles. The topological polar surface area (TPSA) is 58.2 Å². The largest absolute Gasteiger partial charge is 0.316 e. The lowest BCUT2D eigenvalue weighted by Crippen LogP contribution is -2.16. The quantitative estimate of drug-likeness (QED) is 0.892. The molecule has 0 heterocycles. The Balaban J connectivity index is 2.34. The average Bonchev–Trinajstić information content (AvgIpc) is 2.41. The molecule has 0 bridgehead atoms. The van der Waals surface area contributed by atoms with Crippen molar-refractivity contribution in [1.82, 2.24) is 5.32 Å². The van der Waals surface area contributed by atoms with E-state index in [9.17, 15) is 17.2 Å². The van der Waals surface area contributed by atoms with E-state index in [1.807, 2.05) is 4.72 Å². The van der Waals surface area contributed by atoms with Crippen LogP contribution in [-0.4, -0.2) is 15.5 Å². The zero-order chi connectivity index (χ0) is 15.5. The molecule has 0 saturated heterocycles. The molecule has 7 heteroatoms. The number of hydrogen-bond donors (Lipinski definition) is 2. The van der Waals surface area contributed by atoms with Crippen LogP contribution in [0.3, 0.4) is 0 Å². The minimum absolute atomic E-state index is 0.226. The molecule has 112 valence electrons. The van der Waals surface area contributed by atoms with Gasteiger partial charge in [-0.05, 0) is 36.9 Å². The van der Waals surface area contributed by atoms with E-state index in [0.29, 0.717) is 12.1 Å². The monoisotopic (exact) mass is 312 g/mol. The van der Waals surface area contributed by atoms with E-state index in [2.05, 4.69) is 5.32 Å². The van der Waals surface area contributed by atoms with Gasteiger partial charge >= 0.3 is 0 Å². The first-order chi connectivity index (χ1) is 9.94. The van der Waals surface area contributed by atoms with E-state index < -0.39 is 26.6 Å². The lowest BCUT2D eigenvalue weighted by atomic mass is 10.2. The molecule has 0 amide bonds. The van der Waals surface area contributed by atoms with E-state index in [1.54, 1.807) is 7.05 Å². The van der Waals surface area contributed by atoms with Crippen molar-refractivity contribution in [3.8, 4) is 0 Å². The van der Waals surface area contributed by atoms with Gasteiger partial charge in [0.05, 0.1) is 5.69 Å². The predicted molar refractivity (Wildman–Crippen MR) is 76.4 cm³/mol. The molecule has 0 unspecified atom stereocenters. The molecule has 0 aliphatic carbocycles. The highest BCUT2D eigenvalue weighted by atomic mass is 32.2. The summed E-state index contributed by atoms with van der Waals surface area (Å²) in [6.45, 7) is 0.415. The Morgan fingerprint density at radius 1 is 1.05 bits per heavy atom. The molecule has 2 rings (SSSR count). The van der Waals surface area contributed by atoms with Crippen molar-refractivity contribution in [2.24, 2.45) is 0 Å². The summed E-state index contributed by atoms with van der Waals surface area (Å²) in [5.41, 5.74) is 0.385. The van der Waals surface area contributed by atoms with Gasteiger partial charge in [-0.25, -0.2) is 17.2 Å². The molecule has 0 aliphatic rings. The molecule has 0 aromatic heterocycles. The Labute approximate surface area is 121 Å². The molecule has 0 spiro atoms. The van der Waals surface area contributed by atoms with Crippen molar-refractivity contribution in [1.29, 1.82) is 0 Å². The van der Waals surface area contributed by atoms with Gasteiger partial charge in [-0.2, -0.15) is 0 Å². The van der Waals surface area contributed by atoms with Crippen molar-refractivity contribution in [2.75, 3.05) is 11.8 Å².